The first-order valence-electron chi connectivity index (χ1n) is 10.6. The number of carboxylic acid groups (broad SMARTS) is 1. The third-order valence-corrected chi connectivity index (χ3v) is 5.60. The zero-order chi connectivity index (χ0) is 24.9. The van der Waals surface area contributed by atoms with Crippen LogP contribution in [-0.4, -0.2) is 51.3 Å². The Labute approximate surface area is 216 Å². The average molecular weight is 538 g/mol. The minimum atomic E-state index is -1.30. The molecule has 10 nitrogen and oxygen atoms in total. The Bertz CT molecular complexity index is 1260. The summed E-state index contributed by atoms with van der Waals surface area (Å²) in [6, 6.07) is 9.46. The van der Waals surface area contributed by atoms with E-state index < -0.39 is 17.7 Å². The van der Waals surface area contributed by atoms with E-state index in [0.29, 0.717) is 23.3 Å². The van der Waals surface area contributed by atoms with E-state index in [0.717, 1.165) is 12.8 Å². The van der Waals surface area contributed by atoms with Gasteiger partial charge in [0.1, 0.15) is 28.5 Å². The second-order valence-electron chi connectivity index (χ2n) is 7.67. The number of phenols is 1. The van der Waals surface area contributed by atoms with Crippen molar-refractivity contribution >= 4 is 59.2 Å². The Hall–Kier alpha value is -3.67. The highest BCUT2D eigenvalue weighted by Gasteiger charge is 2.25. The number of aromatic hydroxyl groups is 1. The van der Waals surface area contributed by atoms with Crippen molar-refractivity contribution in [3.05, 3.63) is 65.6 Å². The van der Waals surface area contributed by atoms with Crippen LogP contribution in [0.2, 0.25) is 0 Å². The van der Waals surface area contributed by atoms with Crippen LogP contribution < -0.4 is 15.1 Å². The number of benzene rings is 2. The van der Waals surface area contributed by atoms with Crippen LogP contribution in [-0.2, 0) is 4.74 Å². The number of hydrogen-bond donors (Lipinski definition) is 4. The monoisotopic (exact) mass is 537 g/mol. The van der Waals surface area contributed by atoms with Gasteiger partial charge >= 0.3 is 5.97 Å². The van der Waals surface area contributed by atoms with Crippen LogP contribution in [0.5, 0.6) is 5.75 Å². The molecule has 1 unspecified atom stereocenters. The Kier molecular flexibility index (Phi) is 8.86. The van der Waals surface area contributed by atoms with Gasteiger partial charge in [-0.3, -0.25) is 4.79 Å². The zero-order valence-corrected chi connectivity index (χ0v) is 20.2. The summed E-state index contributed by atoms with van der Waals surface area (Å²) in [5, 5.41) is 24.8. The molecule has 0 spiro atoms. The molecular weight excluding hydrogens is 516 g/mol. The molecule has 0 aliphatic carbocycles. The molecule has 190 valence electrons. The number of amides is 1. The van der Waals surface area contributed by atoms with Crippen molar-refractivity contribution < 1.29 is 28.9 Å². The minimum absolute atomic E-state index is 0. The first-order chi connectivity index (χ1) is 16.8. The molecule has 2 aromatic carbocycles. The maximum Gasteiger partial charge on any atom is 0.339 e. The number of rotatable bonds is 8. The quantitative estimate of drug-likeness (QED) is 0.240. The number of aromatic carboxylic acids is 1. The first kappa shape index (κ1) is 26.9. The number of carbonyl (C=O) groups excluding carboxylic acids is 1. The number of para-hydroxylation sites is 1. The van der Waals surface area contributed by atoms with Crippen molar-refractivity contribution in [3.63, 3.8) is 0 Å². The molecule has 1 aliphatic heterocycles. The molecule has 36 heavy (non-hydrogen) atoms. The molecule has 1 atom stereocenters. The van der Waals surface area contributed by atoms with Crippen molar-refractivity contribution in [1.29, 1.82) is 0 Å². The second kappa shape index (κ2) is 11.8. The number of nitrogens with zero attached hydrogens (tertiary/aromatic N) is 3. The summed E-state index contributed by atoms with van der Waals surface area (Å²) in [7, 11) is 0. The number of aromatic nitrogens is 2. The largest absolute Gasteiger partial charge is 0.507 e. The maximum absolute atomic E-state index is 14.2. The number of halogens is 3. The average Bonchev–Trinajstić information content (AvgIpc) is 3.37. The highest BCUT2D eigenvalue weighted by Crippen LogP contribution is 2.27. The maximum atomic E-state index is 14.2. The van der Waals surface area contributed by atoms with Gasteiger partial charge in [-0.1, -0.05) is 12.1 Å². The van der Waals surface area contributed by atoms with Crippen molar-refractivity contribution in [2.75, 3.05) is 28.2 Å². The number of ether oxygens (including phenoxy) is 1. The summed E-state index contributed by atoms with van der Waals surface area (Å²) in [5.41, 5.74) is -0.142. The van der Waals surface area contributed by atoms with Gasteiger partial charge < -0.3 is 25.6 Å². The summed E-state index contributed by atoms with van der Waals surface area (Å²) in [6.07, 6.45) is 2.92. The SMILES string of the molecule is Cl.O=C(O)c1cc(Nc2ncc(C(=O)N(Cl)c3ccccc3F)c(NCC3CCCO3)n2)ccc1O. The lowest BCUT2D eigenvalue weighted by molar-refractivity contribution is 0.0693. The fraction of sp³-hybridized carbons (Fsp3) is 0.217. The number of carbonyl (C=O) groups is 2. The lowest BCUT2D eigenvalue weighted by Crippen LogP contribution is -2.26. The molecule has 1 aliphatic rings. The van der Waals surface area contributed by atoms with E-state index in [9.17, 15) is 24.2 Å². The topological polar surface area (TPSA) is 137 Å². The molecule has 1 aromatic heterocycles. The summed E-state index contributed by atoms with van der Waals surface area (Å²) in [5.74, 6) is -2.95. The molecule has 4 rings (SSSR count). The fourth-order valence-electron chi connectivity index (χ4n) is 3.49. The lowest BCUT2D eigenvalue weighted by atomic mass is 10.2. The van der Waals surface area contributed by atoms with Crippen LogP contribution in [0.3, 0.4) is 0 Å². The summed E-state index contributed by atoms with van der Waals surface area (Å²) < 4.78 is 20.4. The van der Waals surface area contributed by atoms with Crippen LogP contribution in [0.1, 0.15) is 33.6 Å². The van der Waals surface area contributed by atoms with Crippen LogP contribution in [0.4, 0.5) is 27.5 Å². The molecule has 4 N–H and O–H groups in total. The summed E-state index contributed by atoms with van der Waals surface area (Å²) in [6.45, 7) is 1.01. The molecule has 1 saturated heterocycles. The third kappa shape index (κ3) is 6.11. The molecule has 1 fully saturated rings. The molecule has 0 bridgehead atoms. The standard InChI is InChI=1S/C23H21ClFN5O5.ClH/c24-30(18-6-2-1-5-17(18)25)21(32)16-12-27-23(29-20(16)26-11-14-4-3-9-35-14)28-13-7-8-19(31)15(10-13)22(33)34;/h1-2,5-8,10,12,14,31H,3-4,9,11H2,(H,33,34)(H2,26,27,28,29);1H. The van der Waals surface area contributed by atoms with Crippen molar-refractivity contribution in [2.45, 2.75) is 18.9 Å². The van der Waals surface area contributed by atoms with Gasteiger partial charge in [-0.25, -0.2) is 18.6 Å². The van der Waals surface area contributed by atoms with Gasteiger partial charge in [0.15, 0.2) is 0 Å². The third-order valence-electron chi connectivity index (χ3n) is 5.27. The van der Waals surface area contributed by atoms with Gasteiger partial charge in [0.2, 0.25) is 5.95 Å². The van der Waals surface area contributed by atoms with Gasteiger partial charge in [0.25, 0.3) is 5.91 Å². The van der Waals surface area contributed by atoms with E-state index in [4.69, 9.17) is 16.5 Å². The van der Waals surface area contributed by atoms with E-state index in [1.54, 1.807) is 6.07 Å². The normalized spacial score (nSPS) is 14.6. The van der Waals surface area contributed by atoms with Crippen LogP contribution in [0.15, 0.2) is 48.7 Å². The first-order valence-corrected chi connectivity index (χ1v) is 11.0. The van der Waals surface area contributed by atoms with Crippen molar-refractivity contribution in [1.82, 2.24) is 9.97 Å². The number of nitrogens with one attached hydrogen (secondary N) is 2. The highest BCUT2D eigenvalue weighted by molar-refractivity contribution is 6.39. The van der Waals surface area contributed by atoms with Crippen molar-refractivity contribution in [2.24, 2.45) is 0 Å². The molecule has 1 amide bonds. The van der Waals surface area contributed by atoms with Gasteiger partial charge in [-0.15, -0.1) is 12.4 Å². The molecule has 13 heteroatoms. The highest BCUT2D eigenvalue weighted by atomic mass is 35.5. The summed E-state index contributed by atoms with van der Waals surface area (Å²) >= 11 is 6.17. The van der Waals surface area contributed by atoms with E-state index in [-0.39, 0.29) is 52.8 Å². The van der Waals surface area contributed by atoms with E-state index in [1.165, 1.54) is 42.6 Å². The smallest absolute Gasteiger partial charge is 0.339 e. The second-order valence-corrected chi connectivity index (χ2v) is 8.01. The Morgan fingerprint density at radius 2 is 2.00 bits per heavy atom. The van der Waals surface area contributed by atoms with Gasteiger partial charge in [-0.05, 0) is 43.2 Å². The van der Waals surface area contributed by atoms with E-state index in [2.05, 4.69) is 20.6 Å². The number of carboxylic acids is 1. The Balaban J connectivity index is 0.00000361. The van der Waals surface area contributed by atoms with E-state index >= 15 is 0 Å². The minimum Gasteiger partial charge on any atom is -0.507 e. The van der Waals surface area contributed by atoms with Gasteiger partial charge in [-0.2, -0.15) is 4.98 Å². The van der Waals surface area contributed by atoms with Crippen LogP contribution in [0, 0.1) is 5.82 Å². The molecule has 3 aromatic rings. The molecule has 2 heterocycles. The van der Waals surface area contributed by atoms with Gasteiger partial charge in [0, 0.05) is 36.8 Å². The lowest BCUT2D eigenvalue weighted by Gasteiger charge is -2.18. The van der Waals surface area contributed by atoms with Crippen LogP contribution in [0.25, 0.3) is 0 Å². The molecule has 0 saturated carbocycles. The molecular formula is C23H22Cl2FN5O5. The molecule has 0 radical (unpaired) electrons. The van der Waals surface area contributed by atoms with Crippen molar-refractivity contribution in [3.8, 4) is 5.75 Å². The Morgan fingerprint density at radius 1 is 1.22 bits per heavy atom. The number of anilines is 4. The number of hydrogen-bond acceptors (Lipinski definition) is 8. The van der Waals surface area contributed by atoms with Gasteiger partial charge in [0.05, 0.1) is 11.8 Å². The van der Waals surface area contributed by atoms with Crippen LogP contribution >= 0.6 is 24.2 Å². The Morgan fingerprint density at radius 3 is 2.69 bits per heavy atom. The van der Waals surface area contributed by atoms with E-state index in [1.807, 2.05) is 0 Å². The fourth-order valence-corrected chi connectivity index (χ4v) is 3.72. The zero-order valence-electron chi connectivity index (χ0n) is 18.6. The predicted molar refractivity (Wildman–Crippen MR) is 134 cm³/mol. The predicted octanol–water partition coefficient (Wildman–Crippen LogP) is 4.58. The summed E-state index contributed by atoms with van der Waals surface area (Å²) in [4.78, 5) is 32.9.